The summed E-state index contributed by atoms with van der Waals surface area (Å²) in [5.41, 5.74) is 4.36. The molecule has 1 amide bonds. The van der Waals surface area contributed by atoms with Gasteiger partial charge >= 0.3 is 0 Å². The molecule has 0 aliphatic heterocycles. The van der Waals surface area contributed by atoms with E-state index in [4.69, 9.17) is 11.6 Å². The zero-order valence-electron chi connectivity index (χ0n) is 13.7. The highest BCUT2D eigenvalue weighted by Gasteiger charge is 2.26. The van der Waals surface area contributed by atoms with Gasteiger partial charge in [0, 0.05) is 5.02 Å². The fourth-order valence-corrected chi connectivity index (χ4v) is 3.43. The number of fused-ring (bicyclic) bond motifs is 1. The number of aromatic nitrogens is 3. The fourth-order valence-electron chi connectivity index (χ4n) is 3.30. The predicted molar refractivity (Wildman–Crippen MR) is 96.1 cm³/mol. The lowest BCUT2D eigenvalue weighted by Gasteiger charge is -2.13. The summed E-state index contributed by atoms with van der Waals surface area (Å²) < 4.78 is 1.65. The number of benzene rings is 2. The van der Waals surface area contributed by atoms with E-state index in [0.717, 1.165) is 18.5 Å². The molecule has 1 aliphatic rings. The van der Waals surface area contributed by atoms with Crippen molar-refractivity contribution in [3.05, 3.63) is 76.1 Å². The average Bonchev–Trinajstić information content (AvgIpc) is 3.20. The zero-order valence-corrected chi connectivity index (χ0v) is 14.5. The van der Waals surface area contributed by atoms with Crippen LogP contribution < -0.4 is 5.32 Å². The van der Waals surface area contributed by atoms with Crippen LogP contribution in [0.5, 0.6) is 0 Å². The first kappa shape index (κ1) is 15.8. The third-order valence-electron chi connectivity index (χ3n) is 4.62. The summed E-state index contributed by atoms with van der Waals surface area (Å²) in [6.45, 7) is 1.84. The van der Waals surface area contributed by atoms with E-state index in [9.17, 15) is 4.79 Å². The number of hydrogen-bond donors (Lipinski definition) is 1. The Hall–Kier alpha value is -2.66. The van der Waals surface area contributed by atoms with Gasteiger partial charge in [-0.2, -0.15) is 0 Å². The number of hydrogen-bond acceptors (Lipinski definition) is 3. The van der Waals surface area contributed by atoms with Gasteiger partial charge in [-0.15, -0.1) is 5.10 Å². The summed E-state index contributed by atoms with van der Waals surface area (Å²) in [6.07, 6.45) is 1.90. The van der Waals surface area contributed by atoms with Gasteiger partial charge in [0.15, 0.2) is 5.69 Å². The Morgan fingerprint density at radius 1 is 1.20 bits per heavy atom. The second kappa shape index (κ2) is 6.33. The molecule has 126 valence electrons. The quantitative estimate of drug-likeness (QED) is 0.782. The zero-order chi connectivity index (χ0) is 17.4. The summed E-state index contributed by atoms with van der Waals surface area (Å²) in [6, 6.07) is 15.5. The molecule has 3 aromatic rings. The molecule has 6 heteroatoms. The molecule has 0 unspecified atom stereocenters. The van der Waals surface area contributed by atoms with E-state index >= 15 is 0 Å². The number of nitrogens with zero attached hydrogens (tertiary/aromatic N) is 3. The Morgan fingerprint density at radius 2 is 1.96 bits per heavy atom. The molecule has 5 nitrogen and oxygen atoms in total. The number of nitrogens with one attached hydrogen (secondary N) is 1. The molecule has 1 N–H and O–H groups in total. The maximum atomic E-state index is 12.7. The summed E-state index contributed by atoms with van der Waals surface area (Å²) >= 11 is 5.92. The van der Waals surface area contributed by atoms with Crippen molar-refractivity contribution in [3.63, 3.8) is 0 Å². The second-order valence-electron chi connectivity index (χ2n) is 6.18. The van der Waals surface area contributed by atoms with Gasteiger partial charge in [0.2, 0.25) is 0 Å². The molecule has 25 heavy (non-hydrogen) atoms. The molecule has 0 spiro atoms. The highest BCUT2D eigenvalue weighted by molar-refractivity contribution is 6.30. The van der Waals surface area contributed by atoms with Gasteiger partial charge in [-0.1, -0.05) is 41.1 Å². The molecule has 1 heterocycles. The Balaban J connectivity index is 1.57. The number of halogens is 1. The number of carbonyl (C=O) groups is 1. The van der Waals surface area contributed by atoms with Crippen LogP contribution in [-0.4, -0.2) is 20.9 Å². The largest absolute Gasteiger partial charge is 0.344 e. The van der Waals surface area contributed by atoms with E-state index in [1.807, 2.05) is 31.2 Å². The number of aryl methyl sites for hydroxylation is 1. The Bertz CT molecular complexity index is 933. The minimum absolute atomic E-state index is 0.0313. The Labute approximate surface area is 150 Å². The van der Waals surface area contributed by atoms with E-state index in [-0.39, 0.29) is 11.9 Å². The van der Waals surface area contributed by atoms with Gasteiger partial charge in [-0.3, -0.25) is 4.79 Å². The monoisotopic (exact) mass is 352 g/mol. The van der Waals surface area contributed by atoms with Gasteiger partial charge in [-0.25, -0.2) is 4.68 Å². The molecule has 0 saturated heterocycles. The molecular weight excluding hydrogens is 336 g/mol. The highest BCUT2D eigenvalue weighted by Crippen LogP contribution is 2.31. The van der Waals surface area contributed by atoms with Crippen molar-refractivity contribution in [2.24, 2.45) is 0 Å². The molecule has 0 bridgehead atoms. The van der Waals surface area contributed by atoms with Gasteiger partial charge in [0.25, 0.3) is 5.91 Å². The van der Waals surface area contributed by atoms with Crippen molar-refractivity contribution in [1.29, 1.82) is 0 Å². The minimum Gasteiger partial charge on any atom is -0.344 e. The van der Waals surface area contributed by atoms with Crippen LogP contribution in [0.4, 0.5) is 0 Å². The summed E-state index contributed by atoms with van der Waals surface area (Å²) in [4.78, 5) is 12.7. The molecule has 0 radical (unpaired) electrons. The molecule has 0 saturated carbocycles. The average molecular weight is 353 g/mol. The number of amides is 1. The van der Waals surface area contributed by atoms with Crippen molar-refractivity contribution in [3.8, 4) is 5.69 Å². The van der Waals surface area contributed by atoms with E-state index in [0.29, 0.717) is 16.4 Å². The number of carbonyl (C=O) groups excluding carboxylic acids is 1. The van der Waals surface area contributed by atoms with Crippen LogP contribution in [0.1, 0.15) is 39.8 Å². The van der Waals surface area contributed by atoms with Crippen molar-refractivity contribution in [2.45, 2.75) is 25.8 Å². The standard InChI is InChI=1S/C19H17ClN4O/c1-12-18(22-23-24(12)15-9-7-14(20)8-10-15)19(25)21-17-11-6-13-4-2-3-5-16(13)17/h2-5,7-10,17H,6,11H2,1H3,(H,21,25)/t17-/m0/s1. The molecule has 2 aromatic carbocycles. The van der Waals surface area contributed by atoms with Crippen LogP contribution in [0, 0.1) is 6.92 Å². The third-order valence-corrected chi connectivity index (χ3v) is 4.87. The maximum Gasteiger partial charge on any atom is 0.274 e. The van der Waals surface area contributed by atoms with Gasteiger partial charge in [-0.05, 0) is 55.2 Å². The molecule has 0 fully saturated rings. The first-order valence-corrected chi connectivity index (χ1v) is 8.58. The molecule has 1 atom stereocenters. The lowest BCUT2D eigenvalue weighted by Crippen LogP contribution is -2.28. The van der Waals surface area contributed by atoms with Gasteiger partial charge in [0.1, 0.15) is 0 Å². The molecule has 4 rings (SSSR count). The van der Waals surface area contributed by atoms with Crippen LogP contribution >= 0.6 is 11.6 Å². The van der Waals surface area contributed by atoms with Crippen LogP contribution in [0.2, 0.25) is 5.02 Å². The first-order valence-electron chi connectivity index (χ1n) is 8.20. The van der Waals surface area contributed by atoms with E-state index < -0.39 is 0 Å². The van der Waals surface area contributed by atoms with E-state index in [2.05, 4.69) is 27.8 Å². The summed E-state index contributed by atoms with van der Waals surface area (Å²) in [5.74, 6) is -0.195. The topological polar surface area (TPSA) is 59.8 Å². The normalized spacial score (nSPS) is 15.8. The van der Waals surface area contributed by atoms with Crippen LogP contribution in [-0.2, 0) is 6.42 Å². The lowest BCUT2D eigenvalue weighted by molar-refractivity contribution is 0.0931. The van der Waals surface area contributed by atoms with Crippen molar-refractivity contribution in [1.82, 2.24) is 20.3 Å². The third kappa shape index (κ3) is 2.91. The molecule has 1 aromatic heterocycles. The molecular formula is C19H17ClN4O. The summed E-state index contributed by atoms with van der Waals surface area (Å²) in [5, 5.41) is 11.9. The van der Waals surface area contributed by atoms with E-state index in [1.165, 1.54) is 11.1 Å². The first-order chi connectivity index (χ1) is 12.1. The maximum absolute atomic E-state index is 12.7. The fraction of sp³-hybridized carbons (Fsp3) is 0.211. The Morgan fingerprint density at radius 3 is 2.76 bits per heavy atom. The predicted octanol–water partition coefficient (Wildman–Crippen LogP) is 3.65. The minimum atomic E-state index is -0.195. The van der Waals surface area contributed by atoms with E-state index in [1.54, 1.807) is 16.8 Å². The van der Waals surface area contributed by atoms with Crippen LogP contribution in [0.3, 0.4) is 0 Å². The molecule has 1 aliphatic carbocycles. The van der Waals surface area contributed by atoms with Crippen LogP contribution in [0.15, 0.2) is 48.5 Å². The lowest BCUT2D eigenvalue weighted by atomic mass is 10.1. The van der Waals surface area contributed by atoms with Gasteiger partial charge in [0.05, 0.1) is 17.4 Å². The smallest absolute Gasteiger partial charge is 0.274 e. The SMILES string of the molecule is Cc1c(C(=O)N[C@H]2CCc3ccccc32)nnn1-c1ccc(Cl)cc1. The van der Waals surface area contributed by atoms with Crippen molar-refractivity contribution >= 4 is 17.5 Å². The highest BCUT2D eigenvalue weighted by atomic mass is 35.5. The Kier molecular flexibility index (Phi) is 4.01. The summed E-state index contributed by atoms with van der Waals surface area (Å²) in [7, 11) is 0. The van der Waals surface area contributed by atoms with Crippen molar-refractivity contribution in [2.75, 3.05) is 0 Å². The van der Waals surface area contributed by atoms with Crippen molar-refractivity contribution < 1.29 is 4.79 Å². The second-order valence-corrected chi connectivity index (χ2v) is 6.61. The number of rotatable bonds is 3. The van der Waals surface area contributed by atoms with Gasteiger partial charge < -0.3 is 5.32 Å². The van der Waals surface area contributed by atoms with Crippen LogP contribution in [0.25, 0.3) is 5.69 Å².